The Hall–Kier alpha value is -1.85. The number of carboxylic acid groups (broad SMARTS) is 1. The summed E-state index contributed by atoms with van der Waals surface area (Å²) in [4.78, 5) is 36.7. The monoisotopic (exact) mass is 295 g/mol. The van der Waals surface area contributed by atoms with E-state index in [2.05, 4.69) is 0 Å². The summed E-state index contributed by atoms with van der Waals surface area (Å²) in [6, 6.07) is -0.0599. The van der Waals surface area contributed by atoms with Gasteiger partial charge in [0.15, 0.2) is 0 Å². The van der Waals surface area contributed by atoms with Crippen LogP contribution in [-0.2, 0) is 19.1 Å². The molecule has 0 spiro atoms. The zero-order chi connectivity index (χ0) is 15.2. The van der Waals surface area contributed by atoms with Crippen LogP contribution in [0.15, 0.2) is 12.2 Å². The molecule has 6 nitrogen and oxygen atoms in total. The minimum absolute atomic E-state index is 0.0599. The minimum Gasteiger partial charge on any atom is -0.481 e. The van der Waals surface area contributed by atoms with Crippen LogP contribution in [0.1, 0.15) is 38.5 Å². The summed E-state index contributed by atoms with van der Waals surface area (Å²) in [5.74, 6) is -2.04. The summed E-state index contributed by atoms with van der Waals surface area (Å²) < 4.78 is 5.26. The Bertz CT molecular complexity index is 445. The highest BCUT2D eigenvalue weighted by molar-refractivity contribution is 5.79. The lowest BCUT2D eigenvalue weighted by Crippen LogP contribution is -2.39. The fourth-order valence-electron chi connectivity index (χ4n) is 2.84. The van der Waals surface area contributed by atoms with Crippen molar-refractivity contribution in [1.29, 1.82) is 0 Å². The molecule has 0 aliphatic carbocycles. The predicted molar refractivity (Wildman–Crippen MR) is 74.4 cm³/mol. The number of aliphatic carboxylic acids is 1. The van der Waals surface area contributed by atoms with E-state index in [1.165, 1.54) is 0 Å². The number of hydrogen-bond donors (Lipinski definition) is 1. The summed E-state index contributed by atoms with van der Waals surface area (Å²) in [5.41, 5.74) is 0. The van der Waals surface area contributed by atoms with Crippen LogP contribution < -0.4 is 0 Å². The van der Waals surface area contributed by atoms with Crippen molar-refractivity contribution in [3.05, 3.63) is 12.2 Å². The smallest absolute Gasteiger partial charge is 0.309 e. The number of esters is 1. The van der Waals surface area contributed by atoms with Gasteiger partial charge in [-0.15, -0.1) is 0 Å². The molecule has 0 aromatic heterocycles. The molecular weight excluding hydrogens is 274 g/mol. The van der Waals surface area contributed by atoms with Gasteiger partial charge in [0, 0.05) is 13.0 Å². The molecule has 2 rings (SSSR count). The van der Waals surface area contributed by atoms with Gasteiger partial charge in [-0.3, -0.25) is 14.4 Å². The number of carbonyl (C=O) groups excluding carboxylic acids is 2. The second-order valence-electron chi connectivity index (χ2n) is 5.55. The van der Waals surface area contributed by atoms with Gasteiger partial charge in [0.1, 0.15) is 6.61 Å². The molecule has 21 heavy (non-hydrogen) atoms. The maximum absolute atomic E-state index is 12.1. The number of amides is 1. The second-order valence-corrected chi connectivity index (χ2v) is 5.55. The third-order valence-electron chi connectivity index (χ3n) is 3.98. The molecule has 0 aromatic rings. The zero-order valence-corrected chi connectivity index (χ0v) is 12.0. The third kappa shape index (κ3) is 4.31. The molecule has 0 unspecified atom stereocenters. The topological polar surface area (TPSA) is 83.9 Å². The normalized spacial score (nSPS) is 29.0. The largest absolute Gasteiger partial charge is 0.481 e. The number of rotatable bonds is 2. The van der Waals surface area contributed by atoms with Crippen LogP contribution in [0.5, 0.6) is 0 Å². The van der Waals surface area contributed by atoms with Crippen molar-refractivity contribution in [2.24, 2.45) is 5.92 Å². The van der Waals surface area contributed by atoms with Crippen molar-refractivity contribution in [1.82, 2.24) is 4.90 Å². The van der Waals surface area contributed by atoms with Gasteiger partial charge in [-0.2, -0.15) is 0 Å². The lowest BCUT2D eigenvalue weighted by Gasteiger charge is -2.25. The first-order valence-electron chi connectivity index (χ1n) is 7.41. The highest BCUT2D eigenvalue weighted by Crippen LogP contribution is 2.21. The number of carbonyl (C=O) groups is 3. The van der Waals surface area contributed by atoms with Crippen molar-refractivity contribution in [3.63, 3.8) is 0 Å². The van der Waals surface area contributed by atoms with Crippen LogP contribution in [0.25, 0.3) is 0 Å². The molecule has 1 fully saturated rings. The average molecular weight is 295 g/mol. The van der Waals surface area contributed by atoms with E-state index in [0.717, 1.165) is 12.8 Å². The first-order chi connectivity index (χ1) is 10.1. The average Bonchev–Trinajstić information content (AvgIpc) is 2.89. The number of hydrogen-bond acceptors (Lipinski definition) is 4. The van der Waals surface area contributed by atoms with E-state index in [9.17, 15) is 14.4 Å². The van der Waals surface area contributed by atoms with Gasteiger partial charge < -0.3 is 14.7 Å². The molecule has 2 heterocycles. The molecule has 116 valence electrons. The first-order valence-corrected chi connectivity index (χ1v) is 7.41. The van der Waals surface area contributed by atoms with E-state index >= 15 is 0 Å². The number of cyclic esters (lactones) is 1. The summed E-state index contributed by atoms with van der Waals surface area (Å²) >= 11 is 0. The molecule has 0 bridgehead atoms. The molecule has 6 heteroatoms. The van der Waals surface area contributed by atoms with E-state index in [0.29, 0.717) is 25.8 Å². The number of allylic oxidation sites excluding steroid dienone is 2. The summed E-state index contributed by atoms with van der Waals surface area (Å²) in [5, 5.41) is 8.87. The Morgan fingerprint density at radius 2 is 2.19 bits per heavy atom. The lowest BCUT2D eigenvalue weighted by molar-refractivity contribution is -0.155. The van der Waals surface area contributed by atoms with Crippen molar-refractivity contribution >= 4 is 17.8 Å². The van der Waals surface area contributed by atoms with E-state index in [1.807, 2.05) is 6.08 Å². The van der Waals surface area contributed by atoms with Gasteiger partial charge in [-0.05, 0) is 25.7 Å². The van der Waals surface area contributed by atoms with E-state index in [-0.39, 0.29) is 25.0 Å². The van der Waals surface area contributed by atoms with E-state index in [1.54, 1.807) is 11.0 Å². The maximum Gasteiger partial charge on any atom is 0.309 e. The second kappa shape index (κ2) is 7.24. The molecule has 2 aliphatic heterocycles. The molecule has 1 amide bonds. The molecule has 2 atom stereocenters. The van der Waals surface area contributed by atoms with Crippen LogP contribution in [-0.4, -0.2) is 47.0 Å². The third-order valence-corrected chi connectivity index (χ3v) is 3.98. The van der Waals surface area contributed by atoms with Gasteiger partial charge >= 0.3 is 11.9 Å². The Morgan fingerprint density at radius 3 is 2.95 bits per heavy atom. The number of carboxylic acids is 1. The molecule has 0 saturated carbocycles. The number of fused-ring (bicyclic) bond motifs is 1. The molecule has 1 saturated heterocycles. The van der Waals surface area contributed by atoms with E-state index in [4.69, 9.17) is 9.84 Å². The standard InChI is InChI=1S/C15H21NO5/c17-13-7-3-1-2-5-11(9-14(18)19)15(20)21-10-12-6-4-8-16(12)13/h1-2,11-12H,3-10H2,(H,18,19)/b2-1+/t11-,12-/m0/s1. The Labute approximate surface area is 123 Å². The fourth-order valence-corrected chi connectivity index (χ4v) is 2.84. The summed E-state index contributed by atoms with van der Waals surface area (Å²) in [6.07, 6.45) is 6.55. The Morgan fingerprint density at radius 1 is 1.38 bits per heavy atom. The zero-order valence-electron chi connectivity index (χ0n) is 12.0. The molecule has 1 N–H and O–H groups in total. The van der Waals surface area contributed by atoms with Crippen molar-refractivity contribution in [2.45, 2.75) is 44.6 Å². The van der Waals surface area contributed by atoms with Crippen LogP contribution >= 0.6 is 0 Å². The predicted octanol–water partition coefficient (Wildman–Crippen LogP) is 1.35. The van der Waals surface area contributed by atoms with Crippen LogP contribution in [0.4, 0.5) is 0 Å². The number of ether oxygens (including phenoxy) is 1. The Kier molecular flexibility index (Phi) is 5.36. The van der Waals surface area contributed by atoms with Gasteiger partial charge in [-0.25, -0.2) is 0 Å². The quantitative estimate of drug-likeness (QED) is 0.614. The van der Waals surface area contributed by atoms with Crippen molar-refractivity contribution in [2.75, 3.05) is 13.2 Å². The van der Waals surface area contributed by atoms with E-state index < -0.39 is 17.9 Å². The first kappa shape index (κ1) is 15.5. The Balaban J connectivity index is 2.07. The van der Waals surface area contributed by atoms with Gasteiger partial charge in [0.25, 0.3) is 0 Å². The SMILES string of the molecule is O=C(O)C[C@@H]1C/C=C/CCC(=O)N2CCC[C@H]2COC1=O. The van der Waals surface area contributed by atoms with Gasteiger partial charge in [0.05, 0.1) is 18.4 Å². The summed E-state index contributed by atoms with van der Waals surface area (Å²) in [7, 11) is 0. The summed E-state index contributed by atoms with van der Waals surface area (Å²) in [6.45, 7) is 0.883. The van der Waals surface area contributed by atoms with Gasteiger partial charge in [0.2, 0.25) is 5.91 Å². The molecule has 0 radical (unpaired) electrons. The van der Waals surface area contributed by atoms with Crippen molar-refractivity contribution in [3.8, 4) is 0 Å². The molecule has 2 aliphatic rings. The molecule has 0 aromatic carbocycles. The maximum atomic E-state index is 12.1. The van der Waals surface area contributed by atoms with Crippen LogP contribution in [0.3, 0.4) is 0 Å². The number of nitrogens with zero attached hydrogens (tertiary/aromatic N) is 1. The van der Waals surface area contributed by atoms with Gasteiger partial charge in [-0.1, -0.05) is 12.2 Å². The van der Waals surface area contributed by atoms with Crippen molar-refractivity contribution < 1.29 is 24.2 Å². The van der Waals surface area contributed by atoms with Crippen LogP contribution in [0, 0.1) is 5.92 Å². The van der Waals surface area contributed by atoms with Crippen LogP contribution in [0.2, 0.25) is 0 Å². The molecular formula is C15H21NO5. The minimum atomic E-state index is -1.00. The fraction of sp³-hybridized carbons (Fsp3) is 0.667. The lowest BCUT2D eigenvalue weighted by atomic mass is 10.0. The highest BCUT2D eigenvalue weighted by Gasteiger charge is 2.31. The highest BCUT2D eigenvalue weighted by atomic mass is 16.5.